The van der Waals surface area contributed by atoms with E-state index >= 15 is 0 Å². The zero-order valence-electron chi connectivity index (χ0n) is 11.5. The second kappa shape index (κ2) is 6.30. The summed E-state index contributed by atoms with van der Waals surface area (Å²) in [5, 5.41) is 0. The van der Waals surface area contributed by atoms with Crippen molar-refractivity contribution in [2.24, 2.45) is 0 Å². The zero-order valence-corrected chi connectivity index (χ0v) is 13.1. The molecule has 0 amide bonds. The van der Waals surface area contributed by atoms with E-state index in [9.17, 15) is 8.42 Å². The predicted molar refractivity (Wildman–Crippen MR) is 76.7 cm³/mol. The number of hydrogen-bond acceptors (Lipinski definition) is 4. The van der Waals surface area contributed by atoms with Gasteiger partial charge < -0.3 is 9.47 Å². The molecule has 7 heteroatoms. The summed E-state index contributed by atoms with van der Waals surface area (Å²) >= 11 is 5.76. The first-order chi connectivity index (χ1) is 9.52. The minimum Gasteiger partial charge on any atom is -0.495 e. The van der Waals surface area contributed by atoms with Crippen molar-refractivity contribution in [3.63, 3.8) is 0 Å². The van der Waals surface area contributed by atoms with E-state index in [1.54, 1.807) is 25.3 Å². The van der Waals surface area contributed by atoms with Crippen molar-refractivity contribution in [2.75, 3.05) is 27.3 Å². The van der Waals surface area contributed by atoms with Crippen molar-refractivity contribution in [3.8, 4) is 5.75 Å². The van der Waals surface area contributed by atoms with Crippen LogP contribution in [0.4, 0.5) is 0 Å². The summed E-state index contributed by atoms with van der Waals surface area (Å²) in [6, 6.07) is 4.90. The van der Waals surface area contributed by atoms with Gasteiger partial charge in [0.2, 0.25) is 10.0 Å². The van der Waals surface area contributed by atoms with Gasteiger partial charge in [0.1, 0.15) is 10.6 Å². The molecule has 2 rings (SSSR count). The number of sulfonamides is 1. The minimum absolute atomic E-state index is 0.0436. The number of nitrogens with zero attached hydrogens (tertiary/aromatic N) is 1. The van der Waals surface area contributed by atoms with E-state index in [0.29, 0.717) is 31.1 Å². The van der Waals surface area contributed by atoms with Crippen LogP contribution in [0.25, 0.3) is 0 Å². The lowest BCUT2D eigenvalue weighted by Crippen LogP contribution is -2.30. The van der Waals surface area contributed by atoms with Crippen molar-refractivity contribution in [1.82, 2.24) is 4.31 Å². The van der Waals surface area contributed by atoms with Crippen LogP contribution in [0.3, 0.4) is 0 Å². The summed E-state index contributed by atoms with van der Waals surface area (Å²) in [7, 11) is -0.518. The van der Waals surface area contributed by atoms with Gasteiger partial charge in [-0.2, -0.15) is 4.31 Å². The van der Waals surface area contributed by atoms with Crippen molar-refractivity contribution >= 4 is 21.6 Å². The summed E-state index contributed by atoms with van der Waals surface area (Å²) in [5.41, 5.74) is 0.818. The summed E-state index contributed by atoms with van der Waals surface area (Å²) in [4.78, 5) is 0.172. The molecule has 1 fully saturated rings. The lowest BCUT2D eigenvalue weighted by molar-refractivity contribution is 0.115. The summed E-state index contributed by atoms with van der Waals surface area (Å²) in [5.74, 6) is 0.635. The number of rotatable bonds is 5. The molecule has 1 unspecified atom stereocenters. The van der Waals surface area contributed by atoms with E-state index < -0.39 is 10.0 Å². The molecule has 0 aliphatic carbocycles. The molecule has 1 heterocycles. The Kier molecular flexibility index (Phi) is 4.90. The second-order valence-electron chi connectivity index (χ2n) is 4.63. The standard InChI is InChI=1S/C13H18ClNO4S/c1-18-11-5-6-15(9-11)20(16,17)13-4-3-10(8-14)7-12(13)19-2/h3-4,7,11H,5-6,8-9H2,1-2H3. The number of hydrogen-bond donors (Lipinski definition) is 0. The number of ether oxygens (including phenoxy) is 2. The molecule has 1 aromatic carbocycles. The molecule has 1 aromatic rings. The fourth-order valence-electron chi connectivity index (χ4n) is 2.26. The van der Waals surface area contributed by atoms with Crippen molar-refractivity contribution in [2.45, 2.75) is 23.3 Å². The first kappa shape index (κ1) is 15.6. The zero-order chi connectivity index (χ0) is 14.8. The molecular formula is C13H18ClNO4S. The topological polar surface area (TPSA) is 55.8 Å². The van der Waals surface area contributed by atoms with E-state index in [1.165, 1.54) is 11.4 Å². The Balaban J connectivity index is 2.34. The molecule has 0 aromatic heterocycles. The molecule has 1 saturated heterocycles. The molecule has 5 nitrogen and oxygen atoms in total. The van der Waals surface area contributed by atoms with E-state index in [0.717, 1.165) is 5.56 Å². The molecule has 1 aliphatic heterocycles. The molecule has 20 heavy (non-hydrogen) atoms. The van der Waals surface area contributed by atoms with Gasteiger partial charge in [0, 0.05) is 26.1 Å². The lowest BCUT2D eigenvalue weighted by atomic mass is 10.2. The van der Waals surface area contributed by atoms with Crippen LogP contribution in [-0.4, -0.2) is 46.1 Å². The molecule has 0 bridgehead atoms. The van der Waals surface area contributed by atoms with Crippen LogP contribution in [0.1, 0.15) is 12.0 Å². The number of halogens is 1. The summed E-state index contributed by atoms with van der Waals surface area (Å²) in [6.45, 7) is 0.834. The van der Waals surface area contributed by atoms with Crippen molar-refractivity contribution in [1.29, 1.82) is 0 Å². The highest BCUT2D eigenvalue weighted by molar-refractivity contribution is 7.89. The molecule has 0 radical (unpaired) electrons. The Hall–Kier alpha value is -0.820. The molecular weight excluding hydrogens is 302 g/mol. The van der Waals surface area contributed by atoms with Crippen molar-refractivity contribution in [3.05, 3.63) is 23.8 Å². The van der Waals surface area contributed by atoms with Crippen LogP contribution in [0.15, 0.2) is 23.1 Å². The number of benzene rings is 1. The van der Waals surface area contributed by atoms with E-state index in [1.807, 2.05) is 0 Å². The number of methoxy groups -OCH3 is 2. The highest BCUT2D eigenvalue weighted by Crippen LogP contribution is 2.30. The Morgan fingerprint density at radius 2 is 2.15 bits per heavy atom. The van der Waals surface area contributed by atoms with Gasteiger partial charge >= 0.3 is 0 Å². The normalized spacial score (nSPS) is 20.2. The minimum atomic E-state index is -3.56. The average molecular weight is 320 g/mol. The summed E-state index contributed by atoms with van der Waals surface area (Å²) in [6.07, 6.45) is 0.663. The molecule has 1 atom stereocenters. The fourth-order valence-corrected chi connectivity index (χ4v) is 4.04. The first-order valence-corrected chi connectivity index (χ1v) is 8.26. The van der Waals surface area contributed by atoms with Crippen molar-refractivity contribution < 1.29 is 17.9 Å². The van der Waals surface area contributed by atoms with Crippen LogP contribution in [0, 0.1) is 0 Å². The Bertz CT molecular complexity index is 576. The van der Waals surface area contributed by atoms with Gasteiger partial charge in [-0.1, -0.05) is 6.07 Å². The molecule has 112 valence electrons. The average Bonchev–Trinajstić information content (AvgIpc) is 2.96. The van der Waals surface area contributed by atoms with E-state index in [4.69, 9.17) is 21.1 Å². The van der Waals surface area contributed by atoms with Crippen LogP contribution < -0.4 is 4.74 Å². The maximum absolute atomic E-state index is 12.6. The quantitative estimate of drug-likeness (QED) is 0.777. The molecule has 0 N–H and O–H groups in total. The van der Waals surface area contributed by atoms with Crippen LogP contribution >= 0.6 is 11.6 Å². The highest BCUT2D eigenvalue weighted by Gasteiger charge is 2.34. The molecule has 0 saturated carbocycles. The van der Waals surface area contributed by atoms with Gasteiger partial charge in [0.05, 0.1) is 13.2 Å². The highest BCUT2D eigenvalue weighted by atomic mass is 35.5. The third kappa shape index (κ3) is 2.93. The largest absolute Gasteiger partial charge is 0.495 e. The fraction of sp³-hybridized carbons (Fsp3) is 0.538. The smallest absolute Gasteiger partial charge is 0.246 e. The Morgan fingerprint density at radius 3 is 2.70 bits per heavy atom. The van der Waals surface area contributed by atoms with Crippen LogP contribution in [0.2, 0.25) is 0 Å². The van der Waals surface area contributed by atoms with Gasteiger partial charge in [-0.25, -0.2) is 8.42 Å². The van der Waals surface area contributed by atoms with E-state index in [-0.39, 0.29) is 11.0 Å². The Morgan fingerprint density at radius 1 is 1.40 bits per heavy atom. The van der Waals surface area contributed by atoms with Gasteiger partial charge in [0.25, 0.3) is 0 Å². The monoisotopic (exact) mass is 319 g/mol. The summed E-state index contributed by atoms with van der Waals surface area (Å²) < 4.78 is 37.1. The SMILES string of the molecule is COc1cc(CCl)ccc1S(=O)(=O)N1CCC(OC)C1. The lowest BCUT2D eigenvalue weighted by Gasteiger charge is -2.18. The maximum atomic E-state index is 12.6. The first-order valence-electron chi connectivity index (χ1n) is 6.28. The second-order valence-corrected chi connectivity index (χ2v) is 6.80. The van der Waals surface area contributed by atoms with Gasteiger partial charge in [-0.3, -0.25) is 0 Å². The maximum Gasteiger partial charge on any atom is 0.246 e. The number of alkyl halides is 1. The third-order valence-corrected chi connectivity index (χ3v) is 5.65. The van der Waals surface area contributed by atoms with Gasteiger partial charge in [-0.15, -0.1) is 11.6 Å². The molecule has 0 spiro atoms. The third-order valence-electron chi connectivity index (χ3n) is 3.44. The van der Waals surface area contributed by atoms with Gasteiger partial charge in [-0.05, 0) is 24.1 Å². The van der Waals surface area contributed by atoms with E-state index in [2.05, 4.69) is 0 Å². The van der Waals surface area contributed by atoms with Crippen LogP contribution in [-0.2, 0) is 20.6 Å². The molecule has 1 aliphatic rings. The predicted octanol–water partition coefficient (Wildman–Crippen LogP) is 1.84. The van der Waals surface area contributed by atoms with Crippen LogP contribution in [0.5, 0.6) is 5.75 Å². The Labute approximate surface area is 124 Å². The van der Waals surface area contributed by atoms with Gasteiger partial charge in [0.15, 0.2) is 0 Å².